The molecular formula is C14H10Br3Cl. The molecule has 0 saturated heterocycles. The van der Waals surface area contributed by atoms with Gasteiger partial charge in [-0.15, -0.1) is 0 Å². The van der Waals surface area contributed by atoms with Crippen molar-refractivity contribution < 1.29 is 0 Å². The topological polar surface area (TPSA) is 0 Å². The lowest BCUT2D eigenvalue weighted by molar-refractivity contribution is 1.13. The summed E-state index contributed by atoms with van der Waals surface area (Å²) >= 11 is 16.9. The predicted molar refractivity (Wildman–Crippen MR) is 88.8 cm³/mol. The molecule has 0 nitrogen and oxygen atoms in total. The van der Waals surface area contributed by atoms with E-state index in [9.17, 15) is 0 Å². The Morgan fingerprint density at radius 3 is 2.44 bits per heavy atom. The van der Waals surface area contributed by atoms with E-state index in [1.54, 1.807) is 0 Å². The second-order valence-corrected chi connectivity index (χ2v) is 7.15. The van der Waals surface area contributed by atoms with Crippen molar-refractivity contribution in [2.75, 3.05) is 0 Å². The first-order valence-corrected chi connectivity index (χ1v) is 8.22. The molecule has 2 rings (SSSR count). The monoisotopic (exact) mass is 450 g/mol. The largest absolute Gasteiger partial charge is 0.0843 e. The zero-order valence-electron chi connectivity index (χ0n) is 9.55. The maximum atomic E-state index is 6.08. The summed E-state index contributed by atoms with van der Waals surface area (Å²) in [6.45, 7) is 2.09. The van der Waals surface area contributed by atoms with E-state index in [0.717, 1.165) is 14.0 Å². The summed E-state index contributed by atoms with van der Waals surface area (Å²) in [4.78, 5) is 0.114. The molecular weight excluding hydrogens is 443 g/mol. The summed E-state index contributed by atoms with van der Waals surface area (Å²) in [5.74, 6) is 0. The highest BCUT2D eigenvalue weighted by molar-refractivity contribution is 9.11. The van der Waals surface area contributed by atoms with Gasteiger partial charge in [-0.05, 0) is 53.9 Å². The summed E-state index contributed by atoms with van der Waals surface area (Å²) in [5, 5.41) is 0.756. The summed E-state index contributed by atoms with van der Waals surface area (Å²) in [6.07, 6.45) is 0. The van der Waals surface area contributed by atoms with Crippen LogP contribution in [0.2, 0.25) is 5.02 Å². The number of halogens is 4. The minimum atomic E-state index is 0.114. The molecule has 4 heteroatoms. The number of benzene rings is 2. The van der Waals surface area contributed by atoms with Crippen LogP contribution in [0.3, 0.4) is 0 Å². The van der Waals surface area contributed by atoms with E-state index in [0.29, 0.717) is 0 Å². The average molecular weight is 453 g/mol. The lowest BCUT2D eigenvalue weighted by Gasteiger charge is -2.16. The van der Waals surface area contributed by atoms with Gasteiger partial charge < -0.3 is 0 Å². The van der Waals surface area contributed by atoms with Crippen LogP contribution in [0.1, 0.15) is 21.5 Å². The van der Waals surface area contributed by atoms with Crippen molar-refractivity contribution in [3.8, 4) is 0 Å². The second kappa shape index (κ2) is 6.08. The van der Waals surface area contributed by atoms with Crippen LogP contribution < -0.4 is 0 Å². The van der Waals surface area contributed by atoms with Crippen LogP contribution in [0.5, 0.6) is 0 Å². The summed E-state index contributed by atoms with van der Waals surface area (Å²) in [6, 6.07) is 12.1. The first kappa shape index (κ1) is 14.6. The molecule has 1 unspecified atom stereocenters. The Bertz CT molecular complexity index is 530. The lowest BCUT2D eigenvalue weighted by Crippen LogP contribution is -1.97. The molecule has 0 heterocycles. The van der Waals surface area contributed by atoms with Crippen LogP contribution in [-0.4, -0.2) is 0 Å². The quantitative estimate of drug-likeness (QED) is 0.446. The first-order chi connectivity index (χ1) is 8.49. The fourth-order valence-electron chi connectivity index (χ4n) is 1.76. The molecule has 0 bridgehead atoms. The number of hydrogen-bond donors (Lipinski definition) is 0. The van der Waals surface area contributed by atoms with Gasteiger partial charge in [0.1, 0.15) is 0 Å². The van der Waals surface area contributed by atoms with E-state index in [1.165, 1.54) is 16.7 Å². The average Bonchev–Trinajstić information content (AvgIpc) is 2.34. The third-order valence-electron chi connectivity index (χ3n) is 2.75. The molecule has 1 atom stereocenters. The predicted octanol–water partition coefficient (Wildman–Crippen LogP) is 6.66. The minimum absolute atomic E-state index is 0.114. The van der Waals surface area contributed by atoms with E-state index in [1.807, 2.05) is 30.3 Å². The Kier molecular flexibility index (Phi) is 4.92. The smallest absolute Gasteiger partial charge is 0.0659 e. The van der Waals surface area contributed by atoms with Crippen molar-refractivity contribution >= 4 is 59.4 Å². The molecule has 0 amide bonds. The lowest BCUT2D eigenvalue weighted by atomic mass is 10.0. The van der Waals surface area contributed by atoms with Crippen LogP contribution in [0.25, 0.3) is 0 Å². The molecule has 2 aromatic carbocycles. The van der Waals surface area contributed by atoms with E-state index in [4.69, 9.17) is 11.6 Å². The summed E-state index contributed by atoms with van der Waals surface area (Å²) in [7, 11) is 0. The van der Waals surface area contributed by atoms with Gasteiger partial charge in [-0.1, -0.05) is 65.5 Å². The summed E-state index contributed by atoms with van der Waals surface area (Å²) in [5.41, 5.74) is 3.57. The number of hydrogen-bond acceptors (Lipinski definition) is 0. The Balaban J connectivity index is 2.50. The van der Waals surface area contributed by atoms with Gasteiger partial charge in [-0.3, -0.25) is 0 Å². The van der Waals surface area contributed by atoms with E-state index in [-0.39, 0.29) is 4.83 Å². The maximum Gasteiger partial charge on any atom is 0.0659 e. The van der Waals surface area contributed by atoms with Crippen molar-refractivity contribution in [3.05, 3.63) is 67.1 Å². The molecule has 0 aliphatic rings. The van der Waals surface area contributed by atoms with E-state index < -0.39 is 0 Å². The van der Waals surface area contributed by atoms with Crippen LogP contribution in [-0.2, 0) is 0 Å². The molecule has 2 aromatic rings. The number of rotatable bonds is 2. The molecule has 0 aliphatic carbocycles. The second-order valence-electron chi connectivity index (χ2n) is 4.03. The van der Waals surface area contributed by atoms with Gasteiger partial charge in [0, 0.05) is 14.0 Å². The Morgan fingerprint density at radius 2 is 1.72 bits per heavy atom. The highest BCUT2D eigenvalue weighted by Crippen LogP contribution is 2.38. The fraction of sp³-hybridized carbons (Fsp3) is 0.143. The van der Waals surface area contributed by atoms with Gasteiger partial charge in [-0.25, -0.2) is 0 Å². The van der Waals surface area contributed by atoms with Crippen molar-refractivity contribution in [2.45, 2.75) is 11.8 Å². The molecule has 0 fully saturated rings. The van der Waals surface area contributed by atoms with Gasteiger partial charge in [0.05, 0.1) is 4.83 Å². The third-order valence-corrected chi connectivity index (χ3v) is 5.18. The normalized spacial score (nSPS) is 12.5. The molecule has 0 N–H and O–H groups in total. The fourth-order valence-corrected chi connectivity index (χ4v) is 3.97. The van der Waals surface area contributed by atoms with Gasteiger partial charge in [0.2, 0.25) is 0 Å². The number of aryl methyl sites for hydroxylation is 1. The van der Waals surface area contributed by atoms with Crippen LogP contribution in [0.15, 0.2) is 45.3 Å². The minimum Gasteiger partial charge on any atom is -0.0843 e. The van der Waals surface area contributed by atoms with Gasteiger partial charge in [0.15, 0.2) is 0 Å². The molecule has 0 aromatic heterocycles. The zero-order chi connectivity index (χ0) is 13.3. The van der Waals surface area contributed by atoms with Crippen LogP contribution >= 0.6 is 59.4 Å². The highest BCUT2D eigenvalue weighted by Gasteiger charge is 2.16. The molecule has 0 spiro atoms. The van der Waals surface area contributed by atoms with Crippen molar-refractivity contribution in [3.63, 3.8) is 0 Å². The highest BCUT2D eigenvalue weighted by atomic mass is 79.9. The molecule has 94 valence electrons. The van der Waals surface area contributed by atoms with Gasteiger partial charge in [0.25, 0.3) is 0 Å². The molecule has 0 saturated carbocycles. The molecule has 0 radical (unpaired) electrons. The van der Waals surface area contributed by atoms with Crippen molar-refractivity contribution in [1.82, 2.24) is 0 Å². The third kappa shape index (κ3) is 3.19. The first-order valence-electron chi connectivity index (χ1n) is 5.34. The van der Waals surface area contributed by atoms with Crippen LogP contribution in [0, 0.1) is 6.92 Å². The van der Waals surface area contributed by atoms with Gasteiger partial charge >= 0.3 is 0 Å². The van der Waals surface area contributed by atoms with Crippen molar-refractivity contribution in [1.29, 1.82) is 0 Å². The number of alkyl halides is 1. The Morgan fingerprint density at radius 1 is 1.00 bits per heavy atom. The molecule has 0 aliphatic heterocycles. The standard InChI is InChI=1S/C14H10Br3Cl/c1-8-2-4-10(18)7-11(8)14(17)12-6-9(15)3-5-13(12)16/h2-7,14H,1H3. The Hall–Kier alpha value is 0.170. The van der Waals surface area contributed by atoms with Crippen LogP contribution in [0.4, 0.5) is 0 Å². The Labute approximate surface area is 137 Å². The van der Waals surface area contributed by atoms with Crippen molar-refractivity contribution in [2.24, 2.45) is 0 Å². The zero-order valence-corrected chi connectivity index (χ0v) is 15.1. The SMILES string of the molecule is Cc1ccc(Cl)cc1C(Br)c1cc(Br)ccc1Br. The molecule has 18 heavy (non-hydrogen) atoms. The maximum absolute atomic E-state index is 6.08. The van der Waals surface area contributed by atoms with Gasteiger partial charge in [-0.2, -0.15) is 0 Å². The van der Waals surface area contributed by atoms with E-state index in [2.05, 4.69) is 60.8 Å². The van der Waals surface area contributed by atoms with E-state index >= 15 is 0 Å². The summed E-state index contributed by atoms with van der Waals surface area (Å²) < 4.78 is 2.14.